The second-order valence-corrected chi connectivity index (χ2v) is 8.94. The molecule has 0 spiro atoms. The zero-order valence-electron chi connectivity index (χ0n) is 19.5. The van der Waals surface area contributed by atoms with Gasteiger partial charge in [0.2, 0.25) is 23.6 Å². The summed E-state index contributed by atoms with van der Waals surface area (Å²) in [7, 11) is 0. The van der Waals surface area contributed by atoms with Crippen LogP contribution in [0.4, 0.5) is 0 Å². The Balaban J connectivity index is 2.00. The second-order valence-electron chi connectivity index (χ2n) is 8.94. The minimum Gasteiger partial charge on any atom is -0.759 e. The van der Waals surface area contributed by atoms with Crippen LogP contribution in [0.5, 0.6) is 0 Å². The van der Waals surface area contributed by atoms with Gasteiger partial charge in [0.1, 0.15) is 6.04 Å². The molecule has 1 aliphatic rings. The van der Waals surface area contributed by atoms with Crippen molar-refractivity contribution in [2.75, 3.05) is 19.6 Å². The van der Waals surface area contributed by atoms with Crippen LogP contribution < -0.4 is 16.1 Å². The first kappa shape index (κ1) is 26.3. The van der Waals surface area contributed by atoms with Gasteiger partial charge in [0.15, 0.2) is 0 Å². The van der Waals surface area contributed by atoms with Crippen LogP contribution in [0.2, 0.25) is 0 Å². The normalized spacial score (nSPS) is 15.3. The number of hydrogen-bond donors (Lipinski definition) is 3. The molecule has 0 aliphatic carbocycles. The topological polar surface area (TPSA) is 131 Å². The quantitative estimate of drug-likeness (QED) is 0.304. The van der Waals surface area contributed by atoms with Gasteiger partial charge in [0.05, 0.1) is 0 Å². The Morgan fingerprint density at radius 3 is 2.45 bits per heavy atom. The van der Waals surface area contributed by atoms with Gasteiger partial charge in [-0.15, -0.1) is 0 Å². The number of carbonyl (C=O) groups excluding carboxylic acids is 4. The lowest BCUT2D eigenvalue weighted by molar-refractivity contribution is -0.133. The molecule has 1 heterocycles. The van der Waals surface area contributed by atoms with E-state index in [2.05, 4.69) is 10.6 Å². The van der Waals surface area contributed by atoms with Gasteiger partial charge >= 0.3 is 0 Å². The third-order valence-corrected chi connectivity index (χ3v) is 5.66. The summed E-state index contributed by atoms with van der Waals surface area (Å²) in [4.78, 5) is 51.0. The Hall–Kier alpha value is -2.94. The van der Waals surface area contributed by atoms with Crippen LogP contribution in [0, 0.1) is 17.0 Å². The molecule has 0 saturated carbocycles. The van der Waals surface area contributed by atoms with Crippen molar-refractivity contribution >= 4 is 23.6 Å². The smallest absolute Gasteiger partial charge is 0.242 e. The molecule has 2 unspecified atom stereocenters. The Labute approximate surface area is 195 Å². The molecule has 2 rings (SSSR count). The first-order valence-corrected chi connectivity index (χ1v) is 11.6. The Morgan fingerprint density at radius 1 is 1.12 bits per heavy atom. The minimum atomic E-state index is -0.821. The SMILES string of the molecule is CC(C)CC(CC(=O)N[O-])C(=O)NC(Cc1ccccc1)C(=O)NCCCN1CCCC1=O. The number of nitrogens with zero attached hydrogens (tertiary/aromatic N) is 1. The summed E-state index contributed by atoms with van der Waals surface area (Å²) < 4.78 is 0. The summed E-state index contributed by atoms with van der Waals surface area (Å²) in [5.74, 6) is -1.92. The highest BCUT2D eigenvalue weighted by Crippen LogP contribution is 2.17. The number of benzene rings is 1. The summed E-state index contributed by atoms with van der Waals surface area (Å²) in [6.45, 7) is 5.59. The molecule has 9 heteroatoms. The third kappa shape index (κ3) is 9.21. The van der Waals surface area contributed by atoms with Crippen LogP contribution in [0.3, 0.4) is 0 Å². The predicted octanol–water partition coefficient (Wildman–Crippen LogP) is 1.51. The van der Waals surface area contributed by atoms with E-state index in [4.69, 9.17) is 0 Å². The summed E-state index contributed by atoms with van der Waals surface area (Å²) in [6, 6.07) is 8.53. The average molecular weight is 460 g/mol. The van der Waals surface area contributed by atoms with E-state index in [9.17, 15) is 24.4 Å². The van der Waals surface area contributed by atoms with Crippen LogP contribution in [0.25, 0.3) is 0 Å². The van der Waals surface area contributed by atoms with E-state index in [1.165, 1.54) is 5.48 Å². The molecule has 0 radical (unpaired) electrons. The molecular formula is C24H35N4O5-. The van der Waals surface area contributed by atoms with Crippen molar-refractivity contribution < 1.29 is 19.2 Å². The molecule has 1 saturated heterocycles. The summed E-state index contributed by atoms with van der Waals surface area (Å²) in [6.07, 6.45) is 2.58. The lowest BCUT2D eigenvalue weighted by Crippen LogP contribution is -2.50. The highest BCUT2D eigenvalue weighted by atomic mass is 16.5. The molecule has 182 valence electrons. The zero-order valence-corrected chi connectivity index (χ0v) is 19.5. The standard InChI is InChI=1S/C24H35N4O5/c1-17(2)14-19(16-21(29)27-33)23(31)26-20(15-18-8-4-3-5-9-18)24(32)25-11-7-13-28-12-6-10-22(28)30/h3-5,8-9,17,19-20H,6-7,10-16H2,1-2H3,(H3-,25,26,27,29,31,32,33)/q-1. The maximum Gasteiger partial charge on any atom is 0.242 e. The van der Waals surface area contributed by atoms with Gasteiger partial charge in [0, 0.05) is 44.8 Å². The van der Waals surface area contributed by atoms with Crippen LogP contribution in [0.1, 0.15) is 51.5 Å². The molecule has 1 aromatic rings. The molecule has 3 N–H and O–H groups in total. The number of nitrogens with one attached hydrogen (secondary N) is 3. The third-order valence-electron chi connectivity index (χ3n) is 5.66. The van der Waals surface area contributed by atoms with Crippen molar-refractivity contribution in [3.8, 4) is 0 Å². The molecule has 9 nitrogen and oxygen atoms in total. The van der Waals surface area contributed by atoms with Crippen molar-refractivity contribution in [3.05, 3.63) is 41.1 Å². The molecule has 0 bridgehead atoms. The van der Waals surface area contributed by atoms with E-state index in [1.54, 1.807) is 4.90 Å². The van der Waals surface area contributed by atoms with Gasteiger partial charge in [-0.25, -0.2) is 0 Å². The summed E-state index contributed by atoms with van der Waals surface area (Å²) >= 11 is 0. The molecule has 1 fully saturated rings. The molecule has 0 aromatic heterocycles. The summed E-state index contributed by atoms with van der Waals surface area (Å²) in [5.41, 5.74) is 2.21. The minimum absolute atomic E-state index is 0.134. The maximum atomic E-state index is 13.0. The largest absolute Gasteiger partial charge is 0.759 e. The van der Waals surface area contributed by atoms with Gasteiger partial charge in [-0.1, -0.05) is 44.2 Å². The molecular weight excluding hydrogens is 424 g/mol. The monoisotopic (exact) mass is 459 g/mol. The van der Waals surface area contributed by atoms with Crippen molar-refractivity contribution in [3.63, 3.8) is 0 Å². The number of hydroxylamine groups is 1. The van der Waals surface area contributed by atoms with Crippen LogP contribution in [-0.4, -0.2) is 54.2 Å². The molecule has 2 atom stereocenters. The van der Waals surface area contributed by atoms with E-state index < -0.39 is 23.8 Å². The number of carbonyl (C=O) groups is 4. The van der Waals surface area contributed by atoms with Gasteiger partial charge in [-0.05, 0) is 30.7 Å². The highest BCUT2D eigenvalue weighted by molar-refractivity contribution is 5.91. The van der Waals surface area contributed by atoms with Crippen molar-refractivity contribution in [2.24, 2.45) is 11.8 Å². The summed E-state index contributed by atoms with van der Waals surface area (Å²) in [5, 5.41) is 16.3. The average Bonchev–Trinajstić information content (AvgIpc) is 3.20. The number of likely N-dealkylation sites (tertiary alicyclic amines) is 1. The van der Waals surface area contributed by atoms with Crippen molar-refractivity contribution in [1.29, 1.82) is 0 Å². The van der Waals surface area contributed by atoms with Gasteiger partial charge in [0.25, 0.3) is 0 Å². The second kappa shape index (κ2) is 13.6. The highest BCUT2D eigenvalue weighted by Gasteiger charge is 2.28. The van der Waals surface area contributed by atoms with Crippen LogP contribution >= 0.6 is 0 Å². The van der Waals surface area contributed by atoms with E-state index in [1.807, 2.05) is 44.2 Å². The molecule has 33 heavy (non-hydrogen) atoms. The number of amides is 4. The molecule has 4 amide bonds. The van der Waals surface area contributed by atoms with Crippen molar-refractivity contribution in [1.82, 2.24) is 21.0 Å². The Kier molecular flexibility index (Phi) is 10.8. The van der Waals surface area contributed by atoms with E-state index in [0.29, 0.717) is 38.8 Å². The number of hydrogen-bond acceptors (Lipinski definition) is 5. The lowest BCUT2D eigenvalue weighted by atomic mass is 9.92. The Bertz CT molecular complexity index is 799. The van der Waals surface area contributed by atoms with Crippen LogP contribution in [-0.2, 0) is 25.6 Å². The molecule has 1 aromatic carbocycles. The first-order chi connectivity index (χ1) is 15.8. The fourth-order valence-corrected chi connectivity index (χ4v) is 4.01. The Morgan fingerprint density at radius 2 is 1.85 bits per heavy atom. The fraction of sp³-hybridized carbons (Fsp3) is 0.583. The van der Waals surface area contributed by atoms with E-state index in [-0.39, 0.29) is 24.2 Å². The van der Waals surface area contributed by atoms with Gasteiger partial charge in [-0.2, -0.15) is 0 Å². The maximum absolute atomic E-state index is 13.0. The predicted molar refractivity (Wildman–Crippen MR) is 125 cm³/mol. The fourth-order valence-electron chi connectivity index (χ4n) is 4.01. The van der Waals surface area contributed by atoms with Gasteiger partial charge in [-0.3, -0.25) is 19.2 Å². The van der Waals surface area contributed by atoms with E-state index >= 15 is 0 Å². The van der Waals surface area contributed by atoms with Crippen LogP contribution in [0.15, 0.2) is 30.3 Å². The first-order valence-electron chi connectivity index (χ1n) is 11.6. The lowest BCUT2D eigenvalue weighted by Gasteiger charge is -2.24. The van der Waals surface area contributed by atoms with E-state index in [0.717, 1.165) is 18.5 Å². The number of rotatable bonds is 13. The zero-order chi connectivity index (χ0) is 24.2. The molecule has 1 aliphatic heterocycles. The van der Waals surface area contributed by atoms with Gasteiger partial charge < -0.3 is 26.2 Å². The van der Waals surface area contributed by atoms with Crippen molar-refractivity contribution in [2.45, 2.75) is 58.4 Å².